The average molecular weight is 326 g/mol. The van der Waals surface area contributed by atoms with E-state index in [-0.39, 0.29) is 5.41 Å². The number of benzene rings is 2. The number of hydrogen-bond acceptors (Lipinski definition) is 0. The Bertz CT molecular complexity index is 564. The van der Waals surface area contributed by atoms with Crippen molar-refractivity contribution in [1.82, 2.24) is 0 Å². The molecule has 0 bridgehead atoms. The van der Waals surface area contributed by atoms with E-state index in [0.717, 1.165) is 34.0 Å². The summed E-state index contributed by atoms with van der Waals surface area (Å²) in [6, 6.07) is 15.7. The Labute approximate surface area is 134 Å². The SMILES string of the molecule is CC1(C(Cl)(c2ccc(Cl)cc2)c2ccc(Cl)cc2)CC1. The summed E-state index contributed by atoms with van der Waals surface area (Å²) in [5, 5.41) is 1.45. The lowest BCUT2D eigenvalue weighted by molar-refractivity contribution is 0.442. The molecule has 0 atom stereocenters. The van der Waals surface area contributed by atoms with Gasteiger partial charge >= 0.3 is 0 Å². The molecule has 1 fully saturated rings. The predicted molar refractivity (Wildman–Crippen MR) is 86.9 cm³/mol. The second-order valence-corrected chi connectivity index (χ2v) is 7.17. The van der Waals surface area contributed by atoms with Crippen molar-refractivity contribution in [1.29, 1.82) is 0 Å². The maximum absolute atomic E-state index is 7.15. The maximum atomic E-state index is 7.15. The van der Waals surface area contributed by atoms with E-state index in [1.807, 2.05) is 48.5 Å². The molecule has 0 unspecified atom stereocenters. The van der Waals surface area contributed by atoms with Crippen molar-refractivity contribution in [3.63, 3.8) is 0 Å². The average Bonchev–Trinajstić information content (AvgIpc) is 3.19. The zero-order valence-corrected chi connectivity index (χ0v) is 13.4. The Kier molecular flexibility index (Phi) is 3.52. The van der Waals surface area contributed by atoms with Crippen molar-refractivity contribution in [2.45, 2.75) is 24.6 Å². The third kappa shape index (κ3) is 2.24. The van der Waals surface area contributed by atoms with Gasteiger partial charge < -0.3 is 0 Å². The van der Waals surface area contributed by atoms with Crippen LogP contribution in [-0.2, 0) is 4.87 Å². The first-order chi connectivity index (χ1) is 9.46. The summed E-state index contributed by atoms with van der Waals surface area (Å²) in [6.07, 6.45) is 2.25. The van der Waals surface area contributed by atoms with Crippen molar-refractivity contribution in [3.05, 3.63) is 69.7 Å². The van der Waals surface area contributed by atoms with Gasteiger partial charge in [-0.15, -0.1) is 11.6 Å². The Morgan fingerprint density at radius 1 is 0.800 bits per heavy atom. The molecule has 0 spiro atoms. The molecule has 1 aliphatic rings. The second kappa shape index (κ2) is 4.94. The van der Waals surface area contributed by atoms with Crippen LogP contribution in [0.25, 0.3) is 0 Å². The Morgan fingerprint density at radius 3 is 1.45 bits per heavy atom. The summed E-state index contributed by atoms with van der Waals surface area (Å²) in [6.45, 7) is 2.24. The lowest BCUT2D eigenvalue weighted by Gasteiger charge is -2.35. The largest absolute Gasteiger partial charge is 0.108 e. The predicted octanol–water partition coefficient (Wildman–Crippen LogP) is 6.28. The van der Waals surface area contributed by atoms with Crippen LogP contribution in [0.5, 0.6) is 0 Å². The molecule has 0 aliphatic heterocycles. The van der Waals surface area contributed by atoms with Crippen LogP contribution in [0, 0.1) is 5.41 Å². The highest BCUT2D eigenvalue weighted by molar-refractivity contribution is 6.31. The van der Waals surface area contributed by atoms with Crippen LogP contribution >= 0.6 is 34.8 Å². The minimum Gasteiger partial charge on any atom is -0.108 e. The van der Waals surface area contributed by atoms with Crippen LogP contribution in [0.2, 0.25) is 10.0 Å². The maximum Gasteiger partial charge on any atom is 0.0997 e. The van der Waals surface area contributed by atoms with Crippen LogP contribution < -0.4 is 0 Å². The molecule has 2 aromatic rings. The summed E-state index contributed by atoms with van der Waals surface area (Å²) >= 11 is 19.1. The highest BCUT2D eigenvalue weighted by Crippen LogP contribution is 2.64. The molecule has 20 heavy (non-hydrogen) atoms. The van der Waals surface area contributed by atoms with E-state index in [1.54, 1.807) is 0 Å². The monoisotopic (exact) mass is 324 g/mol. The van der Waals surface area contributed by atoms with Gasteiger partial charge in [-0.1, -0.05) is 54.4 Å². The standard InChI is InChI=1S/C17H15Cl3/c1-16(10-11-16)17(20,12-2-6-14(18)7-3-12)13-4-8-15(19)9-5-13/h2-9H,10-11H2,1H3. The Morgan fingerprint density at radius 2 is 1.15 bits per heavy atom. The zero-order valence-electron chi connectivity index (χ0n) is 11.2. The van der Waals surface area contributed by atoms with Crippen molar-refractivity contribution in [2.75, 3.05) is 0 Å². The molecule has 1 aliphatic carbocycles. The van der Waals surface area contributed by atoms with Gasteiger partial charge in [-0.25, -0.2) is 0 Å². The van der Waals surface area contributed by atoms with E-state index < -0.39 is 4.87 Å². The van der Waals surface area contributed by atoms with Crippen LogP contribution in [0.15, 0.2) is 48.5 Å². The third-order valence-electron chi connectivity index (χ3n) is 4.32. The van der Waals surface area contributed by atoms with Gasteiger partial charge in [0.1, 0.15) is 0 Å². The van der Waals surface area contributed by atoms with Crippen LogP contribution in [0.3, 0.4) is 0 Å². The van der Waals surface area contributed by atoms with E-state index in [2.05, 4.69) is 6.92 Å². The lowest BCUT2D eigenvalue weighted by atomic mass is 9.78. The van der Waals surface area contributed by atoms with E-state index in [0.29, 0.717) is 0 Å². The van der Waals surface area contributed by atoms with Gasteiger partial charge in [-0.2, -0.15) is 0 Å². The highest BCUT2D eigenvalue weighted by atomic mass is 35.5. The van der Waals surface area contributed by atoms with E-state index in [4.69, 9.17) is 34.8 Å². The summed E-state index contributed by atoms with van der Waals surface area (Å²) in [5.41, 5.74) is 2.26. The van der Waals surface area contributed by atoms with E-state index in [9.17, 15) is 0 Å². The molecule has 0 saturated heterocycles. The van der Waals surface area contributed by atoms with E-state index >= 15 is 0 Å². The molecular formula is C17H15Cl3. The molecule has 3 heteroatoms. The highest BCUT2D eigenvalue weighted by Gasteiger charge is 2.56. The summed E-state index contributed by atoms with van der Waals surface area (Å²) in [4.78, 5) is -0.526. The molecule has 0 heterocycles. The third-order valence-corrected chi connectivity index (χ3v) is 5.71. The Hall–Kier alpha value is -0.690. The molecule has 3 rings (SSSR count). The van der Waals surface area contributed by atoms with Crippen LogP contribution in [0.4, 0.5) is 0 Å². The van der Waals surface area contributed by atoms with Gasteiger partial charge in [-0.3, -0.25) is 0 Å². The smallest absolute Gasteiger partial charge is 0.0997 e. The number of alkyl halides is 1. The molecule has 0 nitrogen and oxygen atoms in total. The zero-order chi connectivity index (χ0) is 14.4. The van der Waals surface area contributed by atoms with Crippen molar-refractivity contribution >= 4 is 34.8 Å². The summed E-state index contributed by atoms with van der Waals surface area (Å²) in [7, 11) is 0. The summed E-state index contributed by atoms with van der Waals surface area (Å²) in [5.74, 6) is 0. The topological polar surface area (TPSA) is 0 Å². The fraction of sp³-hybridized carbons (Fsp3) is 0.294. The van der Waals surface area contributed by atoms with E-state index in [1.165, 1.54) is 0 Å². The van der Waals surface area contributed by atoms with Gasteiger partial charge in [0, 0.05) is 10.0 Å². The molecule has 0 amide bonds. The van der Waals surface area contributed by atoms with Crippen LogP contribution in [0.1, 0.15) is 30.9 Å². The van der Waals surface area contributed by atoms with Gasteiger partial charge in [0.25, 0.3) is 0 Å². The fourth-order valence-electron chi connectivity index (χ4n) is 2.75. The molecular weight excluding hydrogens is 311 g/mol. The summed E-state index contributed by atoms with van der Waals surface area (Å²) < 4.78 is 0. The minimum atomic E-state index is -0.526. The van der Waals surface area contributed by atoms with Crippen molar-refractivity contribution in [3.8, 4) is 0 Å². The van der Waals surface area contributed by atoms with Crippen LogP contribution in [-0.4, -0.2) is 0 Å². The minimum absolute atomic E-state index is 0.0796. The second-order valence-electron chi connectivity index (χ2n) is 5.73. The first-order valence-corrected chi connectivity index (χ1v) is 7.80. The van der Waals surface area contributed by atoms with Gasteiger partial charge in [-0.05, 0) is 53.6 Å². The molecule has 0 aromatic heterocycles. The fourth-order valence-corrected chi connectivity index (χ4v) is 3.45. The molecule has 0 N–H and O–H groups in total. The quantitative estimate of drug-likeness (QED) is 0.583. The lowest BCUT2D eigenvalue weighted by Crippen LogP contribution is -2.30. The number of rotatable bonds is 3. The van der Waals surface area contributed by atoms with Gasteiger partial charge in [0.05, 0.1) is 4.87 Å². The Balaban J connectivity index is 2.14. The van der Waals surface area contributed by atoms with Crippen molar-refractivity contribution < 1.29 is 0 Å². The van der Waals surface area contributed by atoms with Gasteiger partial charge in [0.15, 0.2) is 0 Å². The first-order valence-electron chi connectivity index (χ1n) is 6.67. The normalized spacial score (nSPS) is 17.0. The number of hydrogen-bond donors (Lipinski definition) is 0. The molecule has 0 radical (unpaired) electrons. The molecule has 2 aromatic carbocycles. The number of halogens is 3. The molecule has 104 valence electrons. The van der Waals surface area contributed by atoms with Crippen molar-refractivity contribution in [2.24, 2.45) is 5.41 Å². The first kappa shape index (κ1) is 14.3. The van der Waals surface area contributed by atoms with Gasteiger partial charge in [0.2, 0.25) is 0 Å². The molecule has 1 saturated carbocycles.